The molecule has 10 heavy (non-hydrogen) atoms. The van der Waals surface area contributed by atoms with Crippen LogP contribution >= 0.6 is 0 Å². The summed E-state index contributed by atoms with van der Waals surface area (Å²) in [5, 5.41) is 8.38. The van der Waals surface area contributed by atoms with E-state index < -0.39 is 0 Å². The Kier molecular flexibility index (Phi) is 5.88. The van der Waals surface area contributed by atoms with Gasteiger partial charge in [0.1, 0.15) is 0 Å². The summed E-state index contributed by atoms with van der Waals surface area (Å²) in [5.74, 6) is 0. The smallest absolute Gasteiger partial charge is 0.0789 e. The SMILES string of the molecule is C=CCOC(/C=C/O)CC. The van der Waals surface area contributed by atoms with Crippen molar-refractivity contribution in [1.82, 2.24) is 0 Å². The van der Waals surface area contributed by atoms with Gasteiger partial charge < -0.3 is 9.84 Å². The summed E-state index contributed by atoms with van der Waals surface area (Å²) < 4.78 is 5.22. The summed E-state index contributed by atoms with van der Waals surface area (Å²) in [6, 6.07) is 0. The monoisotopic (exact) mass is 142 g/mol. The van der Waals surface area contributed by atoms with Gasteiger partial charge in [-0.2, -0.15) is 0 Å². The molecule has 0 rings (SSSR count). The highest BCUT2D eigenvalue weighted by molar-refractivity contribution is 4.83. The zero-order valence-electron chi connectivity index (χ0n) is 6.29. The third-order valence-corrected chi connectivity index (χ3v) is 1.13. The first kappa shape index (κ1) is 9.24. The fourth-order valence-corrected chi connectivity index (χ4v) is 0.597. The van der Waals surface area contributed by atoms with E-state index in [1.54, 1.807) is 12.2 Å². The van der Waals surface area contributed by atoms with Crippen LogP contribution in [0.2, 0.25) is 0 Å². The molecular formula is C8H14O2. The van der Waals surface area contributed by atoms with Crippen LogP contribution < -0.4 is 0 Å². The molecule has 0 aromatic rings. The van der Waals surface area contributed by atoms with E-state index in [1.807, 2.05) is 6.92 Å². The van der Waals surface area contributed by atoms with E-state index in [0.29, 0.717) is 6.61 Å². The third-order valence-electron chi connectivity index (χ3n) is 1.13. The summed E-state index contributed by atoms with van der Waals surface area (Å²) in [6.45, 7) is 6.04. The maximum Gasteiger partial charge on any atom is 0.0789 e. The maximum absolute atomic E-state index is 8.38. The summed E-state index contributed by atoms with van der Waals surface area (Å²) in [7, 11) is 0. The van der Waals surface area contributed by atoms with Gasteiger partial charge in [0.15, 0.2) is 0 Å². The molecule has 0 aromatic carbocycles. The summed E-state index contributed by atoms with van der Waals surface area (Å²) in [5.41, 5.74) is 0. The van der Waals surface area contributed by atoms with Crippen molar-refractivity contribution >= 4 is 0 Å². The van der Waals surface area contributed by atoms with Crippen molar-refractivity contribution in [3.05, 3.63) is 25.0 Å². The second-order valence-electron chi connectivity index (χ2n) is 1.91. The molecule has 2 heteroatoms. The minimum absolute atomic E-state index is 0.0167. The molecule has 0 aromatic heterocycles. The molecule has 0 aliphatic heterocycles. The number of rotatable bonds is 5. The largest absolute Gasteiger partial charge is 0.516 e. The fourth-order valence-electron chi connectivity index (χ4n) is 0.597. The van der Waals surface area contributed by atoms with Crippen molar-refractivity contribution < 1.29 is 9.84 Å². The fraction of sp³-hybridized carbons (Fsp3) is 0.500. The lowest BCUT2D eigenvalue weighted by atomic mass is 10.3. The van der Waals surface area contributed by atoms with Gasteiger partial charge in [-0.05, 0) is 12.5 Å². The average molecular weight is 142 g/mol. The minimum atomic E-state index is 0.0167. The molecular weight excluding hydrogens is 128 g/mol. The first-order valence-corrected chi connectivity index (χ1v) is 3.38. The minimum Gasteiger partial charge on any atom is -0.516 e. The van der Waals surface area contributed by atoms with Crippen LogP contribution in [0.3, 0.4) is 0 Å². The van der Waals surface area contributed by atoms with Crippen molar-refractivity contribution in [1.29, 1.82) is 0 Å². The molecule has 0 bridgehead atoms. The molecule has 2 nitrogen and oxygen atoms in total. The Morgan fingerprint density at radius 3 is 2.80 bits per heavy atom. The van der Waals surface area contributed by atoms with Gasteiger partial charge in [0.2, 0.25) is 0 Å². The second-order valence-corrected chi connectivity index (χ2v) is 1.91. The standard InChI is InChI=1S/C8H14O2/c1-3-7-10-8(4-2)5-6-9/h3,5-6,8-9H,1,4,7H2,2H3/b6-5+. The highest BCUT2D eigenvalue weighted by Crippen LogP contribution is 1.98. The lowest BCUT2D eigenvalue weighted by molar-refractivity contribution is 0.105. The topological polar surface area (TPSA) is 29.5 Å². The highest BCUT2D eigenvalue weighted by atomic mass is 16.5. The van der Waals surface area contributed by atoms with Crippen molar-refractivity contribution in [3.63, 3.8) is 0 Å². The Labute approximate surface area is 61.8 Å². The molecule has 58 valence electrons. The van der Waals surface area contributed by atoms with Gasteiger partial charge in [0, 0.05) is 0 Å². The zero-order chi connectivity index (χ0) is 7.82. The molecule has 0 aliphatic rings. The van der Waals surface area contributed by atoms with Crippen LogP contribution in [0.15, 0.2) is 25.0 Å². The van der Waals surface area contributed by atoms with Crippen molar-refractivity contribution in [2.45, 2.75) is 19.4 Å². The van der Waals surface area contributed by atoms with Crippen LogP contribution in [0, 0.1) is 0 Å². The number of hydrogen-bond donors (Lipinski definition) is 1. The van der Waals surface area contributed by atoms with E-state index in [1.165, 1.54) is 0 Å². The molecule has 0 fully saturated rings. The van der Waals surface area contributed by atoms with Crippen molar-refractivity contribution in [2.75, 3.05) is 6.61 Å². The number of aliphatic hydroxyl groups excluding tert-OH is 1. The normalized spacial score (nSPS) is 13.7. The van der Waals surface area contributed by atoms with Gasteiger partial charge in [-0.1, -0.05) is 13.0 Å². The molecule has 0 spiro atoms. The van der Waals surface area contributed by atoms with Crippen LogP contribution in [0.5, 0.6) is 0 Å². The zero-order valence-corrected chi connectivity index (χ0v) is 6.29. The first-order chi connectivity index (χ1) is 4.85. The highest BCUT2D eigenvalue weighted by Gasteiger charge is 1.98. The lowest BCUT2D eigenvalue weighted by Crippen LogP contribution is -2.07. The summed E-state index contributed by atoms with van der Waals surface area (Å²) in [6.07, 6.45) is 5.20. The maximum atomic E-state index is 8.38. The van der Waals surface area contributed by atoms with E-state index >= 15 is 0 Å². The Bertz CT molecular complexity index is 108. The van der Waals surface area contributed by atoms with E-state index in [4.69, 9.17) is 9.84 Å². The molecule has 1 atom stereocenters. The summed E-state index contributed by atoms with van der Waals surface area (Å²) in [4.78, 5) is 0. The van der Waals surface area contributed by atoms with E-state index in [-0.39, 0.29) is 6.10 Å². The predicted molar refractivity (Wildman–Crippen MR) is 42.0 cm³/mol. The molecule has 0 saturated carbocycles. The Hall–Kier alpha value is -0.760. The van der Waals surface area contributed by atoms with Crippen molar-refractivity contribution in [2.24, 2.45) is 0 Å². The van der Waals surface area contributed by atoms with Gasteiger partial charge in [-0.25, -0.2) is 0 Å². The van der Waals surface area contributed by atoms with Gasteiger partial charge in [-0.3, -0.25) is 0 Å². The lowest BCUT2D eigenvalue weighted by Gasteiger charge is -2.08. The van der Waals surface area contributed by atoms with E-state index in [0.717, 1.165) is 12.7 Å². The second kappa shape index (κ2) is 6.36. The van der Waals surface area contributed by atoms with Crippen LogP contribution in [0.1, 0.15) is 13.3 Å². The Morgan fingerprint density at radius 2 is 2.40 bits per heavy atom. The van der Waals surface area contributed by atoms with Crippen LogP contribution in [-0.2, 0) is 4.74 Å². The predicted octanol–water partition coefficient (Wildman–Crippen LogP) is 2.04. The molecule has 0 saturated heterocycles. The molecule has 0 aliphatic carbocycles. The van der Waals surface area contributed by atoms with Crippen molar-refractivity contribution in [3.8, 4) is 0 Å². The van der Waals surface area contributed by atoms with Crippen LogP contribution in [0.4, 0.5) is 0 Å². The Balaban J connectivity index is 3.49. The van der Waals surface area contributed by atoms with E-state index in [9.17, 15) is 0 Å². The van der Waals surface area contributed by atoms with Crippen LogP contribution in [0.25, 0.3) is 0 Å². The quantitative estimate of drug-likeness (QED) is 0.470. The molecule has 0 amide bonds. The van der Waals surface area contributed by atoms with Gasteiger partial charge in [-0.15, -0.1) is 6.58 Å². The van der Waals surface area contributed by atoms with Crippen LogP contribution in [-0.4, -0.2) is 17.8 Å². The molecule has 0 radical (unpaired) electrons. The Morgan fingerprint density at radius 1 is 1.70 bits per heavy atom. The summed E-state index contributed by atoms with van der Waals surface area (Å²) >= 11 is 0. The molecule has 1 N–H and O–H groups in total. The van der Waals surface area contributed by atoms with E-state index in [2.05, 4.69) is 6.58 Å². The third kappa shape index (κ3) is 4.15. The first-order valence-electron chi connectivity index (χ1n) is 3.38. The average Bonchev–Trinajstić information content (AvgIpc) is 1.98. The molecule has 1 unspecified atom stereocenters. The van der Waals surface area contributed by atoms with Gasteiger partial charge in [0.05, 0.1) is 19.0 Å². The number of aliphatic hydroxyl groups is 1. The number of ether oxygens (including phenoxy) is 1. The molecule has 0 heterocycles. The van der Waals surface area contributed by atoms with Gasteiger partial charge in [0.25, 0.3) is 0 Å². The number of hydrogen-bond acceptors (Lipinski definition) is 2. The van der Waals surface area contributed by atoms with Gasteiger partial charge >= 0.3 is 0 Å².